The van der Waals surface area contributed by atoms with Crippen molar-refractivity contribution in [1.82, 2.24) is 15.1 Å². The third-order valence-corrected chi connectivity index (χ3v) is 3.66. The number of benzene rings is 1. The fourth-order valence-corrected chi connectivity index (χ4v) is 2.37. The SMILES string of the molecule is Cc1ccc(-n2ncc(C(=O)NCCCCC(=O)O)c2C(F)(F)F)cc1. The first-order valence-corrected chi connectivity index (χ1v) is 7.92. The van der Waals surface area contributed by atoms with Crippen LogP contribution in [0.2, 0.25) is 0 Å². The normalized spacial score (nSPS) is 11.4. The summed E-state index contributed by atoms with van der Waals surface area (Å²) in [5.41, 5.74) is -0.641. The molecule has 0 aliphatic rings. The molecule has 2 rings (SSSR count). The van der Waals surface area contributed by atoms with Gasteiger partial charge in [0, 0.05) is 13.0 Å². The van der Waals surface area contributed by atoms with E-state index in [1.165, 1.54) is 12.1 Å². The molecule has 0 saturated carbocycles. The van der Waals surface area contributed by atoms with Gasteiger partial charge in [-0.3, -0.25) is 9.59 Å². The molecule has 9 heteroatoms. The van der Waals surface area contributed by atoms with E-state index in [9.17, 15) is 22.8 Å². The Balaban J connectivity index is 2.19. The minimum absolute atomic E-state index is 0.0605. The molecule has 0 saturated heterocycles. The first-order valence-electron chi connectivity index (χ1n) is 7.92. The topological polar surface area (TPSA) is 84.2 Å². The Morgan fingerprint density at radius 2 is 1.85 bits per heavy atom. The quantitative estimate of drug-likeness (QED) is 0.734. The lowest BCUT2D eigenvalue weighted by Gasteiger charge is -2.13. The number of carboxylic acid groups (broad SMARTS) is 1. The zero-order chi connectivity index (χ0) is 19.3. The lowest BCUT2D eigenvalue weighted by Crippen LogP contribution is -2.27. The summed E-state index contributed by atoms with van der Waals surface area (Å²) in [4.78, 5) is 22.5. The fraction of sp³-hybridized carbons (Fsp3) is 0.353. The third-order valence-electron chi connectivity index (χ3n) is 3.66. The summed E-state index contributed by atoms with van der Waals surface area (Å²) >= 11 is 0. The van der Waals surface area contributed by atoms with Crippen LogP contribution in [0.25, 0.3) is 5.69 Å². The van der Waals surface area contributed by atoms with E-state index < -0.39 is 29.3 Å². The van der Waals surface area contributed by atoms with Gasteiger partial charge in [-0.05, 0) is 31.9 Å². The van der Waals surface area contributed by atoms with Crippen LogP contribution in [0.1, 0.15) is 40.9 Å². The third kappa shape index (κ3) is 4.84. The molecule has 1 aromatic carbocycles. The van der Waals surface area contributed by atoms with Gasteiger partial charge in [0.15, 0.2) is 5.69 Å². The lowest BCUT2D eigenvalue weighted by molar-refractivity contribution is -0.143. The predicted molar refractivity (Wildman–Crippen MR) is 87.1 cm³/mol. The number of unbranched alkanes of at least 4 members (excludes halogenated alkanes) is 1. The van der Waals surface area contributed by atoms with E-state index in [-0.39, 0.29) is 18.7 Å². The number of aryl methyl sites for hydroxylation is 1. The average molecular weight is 369 g/mol. The number of aliphatic carboxylic acids is 1. The summed E-state index contributed by atoms with van der Waals surface area (Å²) in [6, 6.07) is 6.29. The summed E-state index contributed by atoms with van der Waals surface area (Å²) in [7, 11) is 0. The van der Waals surface area contributed by atoms with Crippen molar-refractivity contribution >= 4 is 11.9 Å². The number of nitrogens with one attached hydrogen (secondary N) is 1. The van der Waals surface area contributed by atoms with E-state index >= 15 is 0 Å². The maximum Gasteiger partial charge on any atom is 0.434 e. The zero-order valence-corrected chi connectivity index (χ0v) is 14.0. The first kappa shape index (κ1) is 19.5. The number of alkyl halides is 3. The molecule has 6 nitrogen and oxygen atoms in total. The Kier molecular flexibility index (Phi) is 6.01. The lowest BCUT2D eigenvalue weighted by atomic mass is 10.2. The largest absolute Gasteiger partial charge is 0.481 e. The number of amides is 1. The molecule has 1 heterocycles. The van der Waals surface area contributed by atoms with Crippen LogP contribution < -0.4 is 5.32 Å². The summed E-state index contributed by atoms with van der Waals surface area (Å²) in [6.45, 7) is 1.89. The highest BCUT2D eigenvalue weighted by molar-refractivity contribution is 5.95. The Morgan fingerprint density at radius 3 is 2.42 bits per heavy atom. The first-order chi connectivity index (χ1) is 12.2. The van der Waals surface area contributed by atoms with Gasteiger partial charge in [-0.1, -0.05) is 17.7 Å². The standard InChI is InChI=1S/C17H18F3N3O3/c1-11-5-7-12(8-6-11)23-15(17(18,19)20)13(10-22-23)16(26)21-9-3-2-4-14(24)25/h5-8,10H,2-4,9H2,1H3,(H,21,26)(H,24,25). The number of halogens is 3. The number of carbonyl (C=O) groups excluding carboxylic acids is 1. The minimum atomic E-state index is -4.77. The van der Waals surface area contributed by atoms with Crippen molar-refractivity contribution in [1.29, 1.82) is 0 Å². The second-order valence-electron chi connectivity index (χ2n) is 5.76. The van der Waals surface area contributed by atoms with Crippen LogP contribution in [-0.4, -0.2) is 33.3 Å². The number of carboxylic acids is 1. The Bertz CT molecular complexity index is 783. The van der Waals surface area contributed by atoms with Gasteiger partial charge in [0.2, 0.25) is 0 Å². The van der Waals surface area contributed by atoms with Crippen molar-refractivity contribution in [3.63, 3.8) is 0 Å². The molecule has 0 atom stereocenters. The molecule has 1 aromatic heterocycles. The van der Waals surface area contributed by atoms with Gasteiger partial charge in [0.25, 0.3) is 5.91 Å². The van der Waals surface area contributed by atoms with E-state index in [0.717, 1.165) is 11.8 Å². The molecule has 1 amide bonds. The molecule has 0 aliphatic heterocycles. The molecule has 26 heavy (non-hydrogen) atoms. The highest BCUT2D eigenvalue weighted by atomic mass is 19.4. The molecule has 0 aliphatic carbocycles. The monoisotopic (exact) mass is 369 g/mol. The Morgan fingerprint density at radius 1 is 1.19 bits per heavy atom. The number of hydrogen-bond donors (Lipinski definition) is 2. The molecule has 0 unspecified atom stereocenters. The van der Waals surface area contributed by atoms with Crippen molar-refractivity contribution < 1.29 is 27.9 Å². The van der Waals surface area contributed by atoms with Crippen LogP contribution in [0.15, 0.2) is 30.5 Å². The van der Waals surface area contributed by atoms with Gasteiger partial charge in [-0.2, -0.15) is 18.3 Å². The summed E-state index contributed by atoms with van der Waals surface area (Å²) in [6.07, 6.45) is -3.27. The summed E-state index contributed by atoms with van der Waals surface area (Å²) in [5.74, 6) is -1.86. The van der Waals surface area contributed by atoms with Crippen molar-refractivity contribution in [2.75, 3.05) is 6.54 Å². The Hall–Kier alpha value is -2.84. The van der Waals surface area contributed by atoms with Gasteiger partial charge in [-0.25, -0.2) is 4.68 Å². The van der Waals surface area contributed by atoms with E-state index in [1.54, 1.807) is 19.1 Å². The van der Waals surface area contributed by atoms with Crippen LogP contribution in [0, 0.1) is 6.92 Å². The van der Waals surface area contributed by atoms with Gasteiger partial charge < -0.3 is 10.4 Å². The van der Waals surface area contributed by atoms with Crippen LogP contribution in [0.3, 0.4) is 0 Å². The molecule has 0 spiro atoms. The smallest absolute Gasteiger partial charge is 0.434 e. The van der Waals surface area contributed by atoms with Crippen LogP contribution in [-0.2, 0) is 11.0 Å². The van der Waals surface area contributed by atoms with Crippen LogP contribution >= 0.6 is 0 Å². The van der Waals surface area contributed by atoms with Crippen molar-refractivity contribution in [3.8, 4) is 5.69 Å². The zero-order valence-electron chi connectivity index (χ0n) is 14.0. The number of nitrogens with zero attached hydrogens (tertiary/aromatic N) is 2. The number of rotatable bonds is 7. The van der Waals surface area contributed by atoms with Crippen molar-refractivity contribution in [2.45, 2.75) is 32.4 Å². The minimum Gasteiger partial charge on any atom is -0.481 e. The molecular weight excluding hydrogens is 351 g/mol. The van der Waals surface area contributed by atoms with Gasteiger partial charge in [-0.15, -0.1) is 0 Å². The second kappa shape index (κ2) is 8.03. The van der Waals surface area contributed by atoms with Crippen molar-refractivity contribution in [3.05, 3.63) is 47.3 Å². The number of aromatic nitrogens is 2. The predicted octanol–water partition coefficient (Wildman–Crippen LogP) is 3.18. The molecule has 2 aromatic rings. The molecule has 0 radical (unpaired) electrons. The maximum absolute atomic E-state index is 13.5. The van der Waals surface area contributed by atoms with E-state index in [1.807, 2.05) is 0 Å². The van der Waals surface area contributed by atoms with Crippen LogP contribution in [0.4, 0.5) is 13.2 Å². The van der Waals surface area contributed by atoms with E-state index in [2.05, 4.69) is 10.4 Å². The fourth-order valence-electron chi connectivity index (χ4n) is 2.37. The van der Waals surface area contributed by atoms with Crippen molar-refractivity contribution in [2.24, 2.45) is 0 Å². The van der Waals surface area contributed by atoms with E-state index in [0.29, 0.717) is 17.5 Å². The summed E-state index contributed by atoms with van der Waals surface area (Å²) in [5, 5.41) is 14.6. The van der Waals surface area contributed by atoms with Gasteiger partial charge >= 0.3 is 12.1 Å². The average Bonchev–Trinajstić information content (AvgIpc) is 3.00. The number of hydrogen-bond acceptors (Lipinski definition) is 3. The molecule has 2 N–H and O–H groups in total. The highest BCUT2D eigenvalue weighted by Gasteiger charge is 2.40. The molecule has 0 fully saturated rings. The second-order valence-corrected chi connectivity index (χ2v) is 5.76. The Labute approximate surface area is 147 Å². The number of carbonyl (C=O) groups is 2. The van der Waals surface area contributed by atoms with Crippen LogP contribution in [0.5, 0.6) is 0 Å². The molecular formula is C17H18F3N3O3. The summed E-state index contributed by atoms with van der Waals surface area (Å²) < 4.78 is 41.2. The van der Waals surface area contributed by atoms with Gasteiger partial charge in [0.1, 0.15) is 0 Å². The highest BCUT2D eigenvalue weighted by Crippen LogP contribution is 2.33. The van der Waals surface area contributed by atoms with Gasteiger partial charge in [0.05, 0.1) is 17.4 Å². The maximum atomic E-state index is 13.5. The molecule has 140 valence electrons. The molecule has 0 bridgehead atoms. The van der Waals surface area contributed by atoms with E-state index in [4.69, 9.17) is 5.11 Å².